The van der Waals surface area contributed by atoms with Gasteiger partial charge < -0.3 is 24.9 Å². The summed E-state index contributed by atoms with van der Waals surface area (Å²) in [7, 11) is 1.54. The van der Waals surface area contributed by atoms with Gasteiger partial charge in [0.25, 0.3) is 6.01 Å². The number of amides is 1. The molecule has 3 N–H and O–H groups in total. The number of methoxy groups -OCH3 is 1. The molecule has 0 saturated carbocycles. The van der Waals surface area contributed by atoms with Crippen LogP contribution in [0.5, 0.6) is 5.75 Å². The van der Waals surface area contributed by atoms with Gasteiger partial charge in [-0.15, -0.1) is 0 Å². The number of carbonyl (C=O) groups excluding carboxylic acids is 1. The molecule has 0 bridgehead atoms. The van der Waals surface area contributed by atoms with Crippen molar-refractivity contribution in [1.82, 2.24) is 4.98 Å². The maximum atomic E-state index is 13.0. The summed E-state index contributed by atoms with van der Waals surface area (Å²) in [5.41, 5.74) is 6.39. The first kappa shape index (κ1) is 27.5. The molecule has 0 fully saturated rings. The summed E-state index contributed by atoms with van der Waals surface area (Å²) in [5, 5.41) is 15.4. The number of carboxylic acids is 1. The van der Waals surface area contributed by atoms with Crippen LogP contribution in [0.4, 0.5) is 17.4 Å². The van der Waals surface area contributed by atoms with E-state index in [-0.39, 0.29) is 24.7 Å². The van der Waals surface area contributed by atoms with Crippen LogP contribution in [0.2, 0.25) is 0 Å². The molecule has 41 heavy (non-hydrogen) atoms. The van der Waals surface area contributed by atoms with Gasteiger partial charge in [0.05, 0.1) is 13.5 Å². The first-order valence-electron chi connectivity index (χ1n) is 13.4. The second-order valence-electron chi connectivity index (χ2n) is 9.81. The molecule has 8 heteroatoms. The molecule has 5 rings (SSSR count). The lowest BCUT2D eigenvalue weighted by Crippen LogP contribution is -2.15. The summed E-state index contributed by atoms with van der Waals surface area (Å²) in [4.78, 5) is 28.7. The van der Waals surface area contributed by atoms with Gasteiger partial charge in [0.1, 0.15) is 5.52 Å². The predicted molar refractivity (Wildman–Crippen MR) is 159 cm³/mol. The minimum absolute atomic E-state index is 0.0554. The number of hydrogen-bond donors (Lipinski definition) is 3. The number of fused-ring (bicyclic) bond motifs is 1. The maximum Gasteiger partial charge on any atom is 0.303 e. The number of nitrogens with zero attached hydrogens (tertiary/aromatic N) is 1. The van der Waals surface area contributed by atoms with Crippen molar-refractivity contribution in [3.05, 3.63) is 113 Å². The van der Waals surface area contributed by atoms with Gasteiger partial charge in [0.15, 0.2) is 11.3 Å². The fraction of sp³-hybridized carbons (Fsp3) is 0.182. The van der Waals surface area contributed by atoms with Crippen molar-refractivity contribution in [3.8, 4) is 5.75 Å². The van der Waals surface area contributed by atoms with Gasteiger partial charge in [0, 0.05) is 29.3 Å². The van der Waals surface area contributed by atoms with Gasteiger partial charge in [-0.2, -0.15) is 4.98 Å². The van der Waals surface area contributed by atoms with E-state index in [0.29, 0.717) is 40.5 Å². The van der Waals surface area contributed by atoms with Crippen molar-refractivity contribution in [1.29, 1.82) is 0 Å². The van der Waals surface area contributed by atoms with Crippen LogP contribution in [0.1, 0.15) is 41.0 Å². The zero-order chi connectivity index (χ0) is 28.8. The van der Waals surface area contributed by atoms with Crippen LogP contribution in [0.15, 0.2) is 95.4 Å². The number of aliphatic carboxylic acids is 1. The van der Waals surface area contributed by atoms with Crippen molar-refractivity contribution in [2.24, 2.45) is 0 Å². The van der Waals surface area contributed by atoms with E-state index in [4.69, 9.17) is 9.15 Å². The number of oxazole rings is 1. The van der Waals surface area contributed by atoms with Crippen molar-refractivity contribution in [2.45, 2.75) is 32.1 Å². The highest BCUT2D eigenvalue weighted by Gasteiger charge is 2.19. The fourth-order valence-electron chi connectivity index (χ4n) is 4.91. The van der Waals surface area contributed by atoms with E-state index in [9.17, 15) is 14.7 Å². The number of anilines is 3. The number of hydrogen-bond acceptors (Lipinski definition) is 6. The molecule has 208 valence electrons. The van der Waals surface area contributed by atoms with Crippen LogP contribution in [0.3, 0.4) is 0 Å². The van der Waals surface area contributed by atoms with Crippen LogP contribution in [-0.2, 0) is 16.0 Å². The third kappa shape index (κ3) is 6.55. The lowest BCUT2D eigenvalue weighted by molar-refractivity contribution is -0.137. The third-order valence-electron chi connectivity index (χ3n) is 6.98. The summed E-state index contributed by atoms with van der Waals surface area (Å²) in [5.74, 6) is -0.631. The smallest absolute Gasteiger partial charge is 0.303 e. The van der Waals surface area contributed by atoms with Crippen molar-refractivity contribution >= 4 is 40.4 Å². The summed E-state index contributed by atoms with van der Waals surface area (Å²) < 4.78 is 11.6. The summed E-state index contributed by atoms with van der Waals surface area (Å²) in [6.07, 6.45) is 0.628. The maximum absolute atomic E-state index is 13.0. The number of ether oxygens (including phenoxy) is 1. The molecular formula is C33H31N3O5. The molecule has 4 aromatic carbocycles. The molecule has 0 aliphatic carbocycles. The summed E-state index contributed by atoms with van der Waals surface area (Å²) in [6.45, 7) is 2.00. The van der Waals surface area contributed by atoms with E-state index < -0.39 is 5.97 Å². The SMILES string of the molecule is COc1c(CC(=O)Nc2ccc(C(CCC(=O)O)c3ccccc3)cc2)ccc2nc(Nc3ccccc3C)oc12. The second-order valence-corrected chi connectivity index (χ2v) is 9.81. The average molecular weight is 550 g/mol. The molecule has 5 aromatic rings. The Morgan fingerprint density at radius 1 is 0.927 bits per heavy atom. The van der Waals surface area contributed by atoms with Gasteiger partial charge >= 0.3 is 5.97 Å². The Kier molecular flexibility index (Phi) is 8.29. The Labute approximate surface area is 238 Å². The monoisotopic (exact) mass is 549 g/mol. The first-order valence-corrected chi connectivity index (χ1v) is 13.4. The van der Waals surface area contributed by atoms with Crippen LogP contribution in [-0.4, -0.2) is 29.1 Å². The normalized spacial score (nSPS) is 11.7. The Morgan fingerprint density at radius 2 is 1.63 bits per heavy atom. The van der Waals surface area contributed by atoms with Gasteiger partial charge in [0.2, 0.25) is 5.91 Å². The lowest BCUT2D eigenvalue weighted by atomic mass is 9.87. The van der Waals surface area contributed by atoms with Crippen molar-refractivity contribution in [3.63, 3.8) is 0 Å². The number of carbonyl (C=O) groups is 2. The highest BCUT2D eigenvalue weighted by atomic mass is 16.5. The standard InChI is InChI=1S/C33H31N3O5/c1-21-8-6-7-11-27(21)35-33-36-28-18-14-24(31(40-2)32(28)41-33)20-29(37)34-25-15-12-23(13-16-25)26(17-19-30(38)39)22-9-4-3-5-10-22/h3-16,18,26H,17,19-20H2,1-2H3,(H,34,37)(H,35,36)(H,38,39). The molecular weight excluding hydrogens is 518 g/mol. The van der Waals surface area contributed by atoms with E-state index in [2.05, 4.69) is 15.6 Å². The Balaban J connectivity index is 1.29. The van der Waals surface area contributed by atoms with E-state index in [1.165, 1.54) is 0 Å². The van der Waals surface area contributed by atoms with E-state index in [1.807, 2.05) is 97.9 Å². The molecule has 1 atom stereocenters. The van der Waals surface area contributed by atoms with Gasteiger partial charge in [-0.3, -0.25) is 9.59 Å². The number of carboxylic acid groups (broad SMARTS) is 1. The second kappa shape index (κ2) is 12.4. The van der Waals surface area contributed by atoms with Crippen LogP contribution in [0, 0.1) is 6.92 Å². The van der Waals surface area contributed by atoms with Crippen LogP contribution >= 0.6 is 0 Å². The molecule has 1 amide bonds. The van der Waals surface area contributed by atoms with Crippen LogP contribution < -0.4 is 15.4 Å². The fourth-order valence-corrected chi connectivity index (χ4v) is 4.91. The Bertz CT molecular complexity index is 1660. The first-order chi connectivity index (χ1) is 19.9. The lowest BCUT2D eigenvalue weighted by Gasteiger charge is -2.18. The van der Waals surface area contributed by atoms with Gasteiger partial charge in [-0.05, 0) is 54.3 Å². The third-order valence-corrected chi connectivity index (χ3v) is 6.98. The minimum atomic E-state index is -0.826. The Hall–Kier alpha value is -5.11. The number of nitrogens with one attached hydrogen (secondary N) is 2. The van der Waals surface area contributed by atoms with Crippen LogP contribution in [0.25, 0.3) is 11.1 Å². The quantitative estimate of drug-likeness (QED) is 0.161. The highest BCUT2D eigenvalue weighted by molar-refractivity contribution is 5.94. The summed E-state index contributed by atoms with van der Waals surface area (Å²) >= 11 is 0. The van der Waals surface area contributed by atoms with Crippen molar-refractivity contribution in [2.75, 3.05) is 17.7 Å². The highest BCUT2D eigenvalue weighted by Crippen LogP contribution is 2.34. The minimum Gasteiger partial charge on any atom is -0.492 e. The van der Waals surface area contributed by atoms with E-state index in [1.54, 1.807) is 7.11 Å². The molecule has 1 heterocycles. The number of aromatic nitrogens is 1. The Morgan fingerprint density at radius 3 is 2.34 bits per heavy atom. The number of rotatable bonds is 11. The number of benzene rings is 4. The largest absolute Gasteiger partial charge is 0.492 e. The molecule has 0 aliphatic rings. The molecule has 0 saturated heterocycles. The molecule has 0 aliphatic heterocycles. The number of para-hydroxylation sites is 1. The molecule has 0 radical (unpaired) electrons. The molecule has 1 unspecified atom stereocenters. The van der Waals surface area contributed by atoms with Gasteiger partial charge in [-0.1, -0.05) is 66.7 Å². The zero-order valence-corrected chi connectivity index (χ0v) is 22.9. The molecule has 1 aromatic heterocycles. The summed E-state index contributed by atoms with van der Waals surface area (Å²) in [6, 6.07) is 29.2. The average Bonchev–Trinajstić information content (AvgIpc) is 3.38. The zero-order valence-electron chi connectivity index (χ0n) is 22.9. The number of aryl methyl sites for hydroxylation is 1. The van der Waals surface area contributed by atoms with E-state index in [0.717, 1.165) is 22.4 Å². The van der Waals surface area contributed by atoms with Crippen molar-refractivity contribution < 1.29 is 23.8 Å². The van der Waals surface area contributed by atoms with Gasteiger partial charge in [-0.25, -0.2) is 0 Å². The van der Waals surface area contributed by atoms with E-state index >= 15 is 0 Å². The topological polar surface area (TPSA) is 114 Å². The predicted octanol–water partition coefficient (Wildman–Crippen LogP) is 7.07. The molecule has 0 spiro atoms. The molecule has 8 nitrogen and oxygen atoms in total.